The van der Waals surface area contributed by atoms with E-state index in [1.807, 2.05) is 121 Å². The molecule has 7 nitrogen and oxygen atoms in total. The molecule has 7 aromatic rings. The van der Waals surface area contributed by atoms with Crippen LogP contribution in [0.4, 0.5) is 34.1 Å². The van der Waals surface area contributed by atoms with E-state index < -0.39 is 0 Å². The first kappa shape index (κ1) is 36.3. The first-order chi connectivity index (χ1) is 26.5. The lowest BCUT2D eigenvalue weighted by atomic mass is 9.93. The summed E-state index contributed by atoms with van der Waals surface area (Å²) in [6.45, 7) is -0.201. The lowest BCUT2D eigenvalue weighted by Gasteiger charge is -2.27. The van der Waals surface area contributed by atoms with E-state index >= 15 is 0 Å². The molecule has 54 heavy (non-hydrogen) atoms. The van der Waals surface area contributed by atoms with Gasteiger partial charge in [0, 0.05) is 34.1 Å². The topological polar surface area (TPSA) is 108 Å². The van der Waals surface area contributed by atoms with Gasteiger partial charge in [-0.25, -0.2) is 0 Å². The lowest BCUT2D eigenvalue weighted by Crippen LogP contribution is -2.11. The molecule has 0 amide bonds. The summed E-state index contributed by atoms with van der Waals surface area (Å²) in [5.74, 6) is 0. The summed E-state index contributed by atoms with van der Waals surface area (Å²) in [5, 5.41) is 48.6. The zero-order chi connectivity index (χ0) is 37.4. The van der Waals surface area contributed by atoms with E-state index in [9.17, 15) is 25.5 Å². The van der Waals surface area contributed by atoms with Gasteiger partial charge in [-0.15, -0.1) is 0 Å². The minimum atomic E-state index is -0.0449. The van der Waals surface area contributed by atoms with Gasteiger partial charge in [0.15, 0.2) is 0 Å². The SMILES string of the molecule is OCc1ccc(-c2cc(N(c3ccc(CO)cc3)c3ccc(CO)cc3)ccc2-c2ccc(N(c3ccc(CO)cc3)c3ccc(CO)cc3)cc2)cc1. The minimum absolute atomic E-state index is 0.0340. The Labute approximate surface area is 315 Å². The Morgan fingerprint density at radius 1 is 0.259 bits per heavy atom. The number of hydrogen-bond acceptors (Lipinski definition) is 7. The number of rotatable bonds is 13. The molecule has 0 aliphatic carbocycles. The number of benzene rings is 7. The van der Waals surface area contributed by atoms with Gasteiger partial charge < -0.3 is 35.3 Å². The third kappa shape index (κ3) is 7.82. The highest BCUT2D eigenvalue weighted by Gasteiger charge is 2.18. The van der Waals surface area contributed by atoms with Crippen molar-refractivity contribution in [3.05, 3.63) is 192 Å². The Bertz CT molecular complexity index is 2180. The van der Waals surface area contributed by atoms with E-state index in [1.54, 1.807) is 0 Å². The maximum atomic E-state index is 9.80. The van der Waals surface area contributed by atoms with Gasteiger partial charge in [-0.3, -0.25) is 0 Å². The van der Waals surface area contributed by atoms with Crippen molar-refractivity contribution in [1.82, 2.24) is 0 Å². The van der Waals surface area contributed by atoms with E-state index in [1.165, 1.54) is 0 Å². The van der Waals surface area contributed by atoms with Gasteiger partial charge in [0.2, 0.25) is 0 Å². The summed E-state index contributed by atoms with van der Waals surface area (Å²) in [7, 11) is 0. The van der Waals surface area contributed by atoms with Gasteiger partial charge in [-0.2, -0.15) is 0 Å². The molecule has 0 radical (unpaired) electrons. The van der Waals surface area contributed by atoms with Crippen molar-refractivity contribution in [3.8, 4) is 22.3 Å². The van der Waals surface area contributed by atoms with Gasteiger partial charge in [0.05, 0.1) is 33.0 Å². The van der Waals surface area contributed by atoms with Gasteiger partial charge in [0.1, 0.15) is 0 Å². The van der Waals surface area contributed by atoms with E-state index in [-0.39, 0.29) is 33.0 Å². The molecule has 0 aromatic heterocycles. The van der Waals surface area contributed by atoms with Crippen LogP contribution >= 0.6 is 0 Å². The van der Waals surface area contributed by atoms with Crippen molar-refractivity contribution in [2.75, 3.05) is 9.80 Å². The van der Waals surface area contributed by atoms with Gasteiger partial charge in [-0.05, 0) is 123 Å². The Morgan fingerprint density at radius 3 is 0.833 bits per heavy atom. The van der Waals surface area contributed by atoms with Crippen LogP contribution in [0.2, 0.25) is 0 Å². The molecule has 0 heterocycles. The number of aliphatic hydroxyl groups is 5. The predicted octanol–water partition coefficient (Wildman–Crippen LogP) is 9.42. The fourth-order valence-corrected chi connectivity index (χ4v) is 6.64. The van der Waals surface area contributed by atoms with Crippen molar-refractivity contribution < 1.29 is 25.5 Å². The van der Waals surface area contributed by atoms with Crippen LogP contribution in [0.15, 0.2) is 164 Å². The van der Waals surface area contributed by atoms with Crippen molar-refractivity contribution in [2.45, 2.75) is 33.0 Å². The van der Waals surface area contributed by atoms with Crippen LogP contribution in [0.5, 0.6) is 0 Å². The predicted molar refractivity (Wildman–Crippen MR) is 216 cm³/mol. The average Bonchev–Trinajstić information content (AvgIpc) is 3.25. The van der Waals surface area contributed by atoms with Crippen molar-refractivity contribution in [1.29, 1.82) is 0 Å². The fraction of sp³-hybridized carbons (Fsp3) is 0.106. The number of aliphatic hydroxyl groups excluding tert-OH is 5. The highest BCUT2D eigenvalue weighted by molar-refractivity contribution is 5.90. The average molecular weight is 715 g/mol. The molecule has 0 saturated carbocycles. The minimum Gasteiger partial charge on any atom is -0.392 e. The molecule has 0 saturated heterocycles. The maximum absolute atomic E-state index is 9.80. The van der Waals surface area contributed by atoms with Crippen LogP contribution in [0.25, 0.3) is 22.3 Å². The monoisotopic (exact) mass is 714 g/mol. The Hall–Kier alpha value is -6.06. The second-order valence-electron chi connectivity index (χ2n) is 13.1. The van der Waals surface area contributed by atoms with E-state index in [0.717, 1.165) is 84.2 Å². The van der Waals surface area contributed by atoms with Crippen LogP contribution in [-0.2, 0) is 33.0 Å². The van der Waals surface area contributed by atoms with Crippen LogP contribution in [-0.4, -0.2) is 25.5 Å². The van der Waals surface area contributed by atoms with Crippen molar-refractivity contribution in [2.24, 2.45) is 0 Å². The molecular weight excluding hydrogens is 673 g/mol. The van der Waals surface area contributed by atoms with Gasteiger partial charge in [-0.1, -0.05) is 91.0 Å². The Morgan fingerprint density at radius 2 is 0.500 bits per heavy atom. The van der Waals surface area contributed by atoms with Gasteiger partial charge in [0.25, 0.3) is 0 Å². The summed E-state index contributed by atoms with van der Waals surface area (Å²) < 4.78 is 0. The van der Waals surface area contributed by atoms with E-state index in [2.05, 4.69) is 52.3 Å². The summed E-state index contributed by atoms with van der Waals surface area (Å²) >= 11 is 0. The second kappa shape index (κ2) is 16.7. The first-order valence-corrected chi connectivity index (χ1v) is 17.9. The molecular formula is C47H42N2O5. The zero-order valence-corrected chi connectivity index (χ0v) is 29.8. The van der Waals surface area contributed by atoms with Crippen LogP contribution in [0.3, 0.4) is 0 Å². The Balaban J connectivity index is 1.33. The quantitative estimate of drug-likeness (QED) is 0.0810. The normalized spacial score (nSPS) is 11.1. The highest BCUT2D eigenvalue weighted by atomic mass is 16.3. The molecule has 0 fully saturated rings. The molecule has 7 aromatic carbocycles. The summed E-state index contributed by atoms with van der Waals surface area (Å²) in [4.78, 5) is 4.30. The number of nitrogens with zero attached hydrogens (tertiary/aromatic N) is 2. The molecule has 7 heteroatoms. The largest absolute Gasteiger partial charge is 0.392 e. The first-order valence-electron chi connectivity index (χ1n) is 17.9. The zero-order valence-electron chi connectivity index (χ0n) is 29.8. The second-order valence-corrected chi connectivity index (χ2v) is 13.1. The smallest absolute Gasteiger partial charge is 0.0681 e. The molecule has 0 aliphatic rings. The van der Waals surface area contributed by atoms with Crippen LogP contribution in [0.1, 0.15) is 27.8 Å². The molecule has 5 N–H and O–H groups in total. The highest BCUT2D eigenvalue weighted by Crippen LogP contribution is 2.42. The van der Waals surface area contributed by atoms with Crippen LogP contribution in [0, 0.1) is 0 Å². The van der Waals surface area contributed by atoms with Gasteiger partial charge >= 0.3 is 0 Å². The number of anilines is 6. The van der Waals surface area contributed by atoms with Crippen molar-refractivity contribution >= 4 is 34.1 Å². The van der Waals surface area contributed by atoms with Crippen molar-refractivity contribution in [3.63, 3.8) is 0 Å². The molecule has 0 aliphatic heterocycles. The number of hydrogen-bond donors (Lipinski definition) is 5. The fourth-order valence-electron chi connectivity index (χ4n) is 6.64. The molecule has 7 rings (SSSR count). The molecule has 0 spiro atoms. The lowest BCUT2D eigenvalue weighted by molar-refractivity contribution is 0.281. The molecule has 270 valence electrons. The van der Waals surface area contributed by atoms with E-state index in [4.69, 9.17) is 0 Å². The molecule has 0 unspecified atom stereocenters. The third-order valence-electron chi connectivity index (χ3n) is 9.65. The standard InChI is InChI=1S/C47H42N2O5/c50-28-33-1-11-39(12-2-33)47-27-45(49(42-19-7-36(31-53)8-20-42)43-21-9-37(32-54)10-22-43)25-26-46(47)38-13-23-44(24-14-38)48(40-15-3-34(29-51)4-16-40)41-17-5-35(30-52)6-18-41/h1-27,50-54H,28-32H2. The summed E-state index contributed by atoms with van der Waals surface area (Å²) in [6.07, 6.45) is 0. The molecule has 0 atom stereocenters. The van der Waals surface area contributed by atoms with Crippen LogP contribution < -0.4 is 9.80 Å². The molecule has 0 bridgehead atoms. The van der Waals surface area contributed by atoms with E-state index in [0.29, 0.717) is 0 Å². The summed E-state index contributed by atoms with van der Waals surface area (Å²) in [6, 6.07) is 54.1. The Kier molecular flexibility index (Phi) is 11.3. The third-order valence-corrected chi connectivity index (χ3v) is 9.65. The summed E-state index contributed by atoms with van der Waals surface area (Å²) in [5.41, 5.74) is 13.7. The maximum Gasteiger partial charge on any atom is 0.0681 e.